The normalized spacial score (nSPS) is 10.9. The number of amides is 1. The molecule has 0 atom stereocenters. The molecule has 4 rings (SSSR count). The summed E-state index contributed by atoms with van der Waals surface area (Å²) in [6.45, 7) is -0.442. The van der Waals surface area contributed by atoms with Crippen molar-refractivity contribution in [1.29, 1.82) is 0 Å². The summed E-state index contributed by atoms with van der Waals surface area (Å²) in [7, 11) is 0. The summed E-state index contributed by atoms with van der Waals surface area (Å²) >= 11 is 0. The molecular formula is C22H16F2N4O2. The Morgan fingerprint density at radius 1 is 1.00 bits per heavy atom. The number of pyridine rings is 1. The number of carbonyl (C=O) groups is 1. The molecule has 1 amide bonds. The lowest BCUT2D eigenvalue weighted by atomic mass is 10.1. The zero-order chi connectivity index (χ0) is 21.1. The topological polar surface area (TPSA) is 76.9 Å². The van der Waals surface area contributed by atoms with Gasteiger partial charge < -0.3 is 5.32 Å². The van der Waals surface area contributed by atoms with Gasteiger partial charge in [-0.3, -0.25) is 14.6 Å². The fourth-order valence-electron chi connectivity index (χ4n) is 3.16. The summed E-state index contributed by atoms with van der Waals surface area (Å²) in [5.74, 6) is -2.16. The minimum absolute atomic E-state index is 0.300. The van der Waals surface area contributed by atoms with Gasteiger partial charge in [0.25, 0.3) is 5.56 Å². The summed E-state index contributed by atoms with van der Waals surface area (Å²) < 4.78 is 28.2. The molecule has 2 heterocycles. The number of halogens is 2. The number of hydrogen-bond acceptors (Lipinski definition) is 4. The van der Waals surface area contributed by atoms with Crippen molar-refractivity contribution >= 4 is 22.4 Å². The molecule has 30 heavy (non-hydrogen) atoms. The molecule has 0 aliphatic heterocycles. The van der Waals surface area contributed by atoms with E-state index in [2.05, 4.69) is 15.4 Å². The summed E-state index contributed by atoms with van der Waals surface area (Å²) in [4.78, 5) is 29.2. The number of aromatic nitrogens is 3. The van der Waals surface area contributed by atoms with Crippen LogP contribution in [0.4, 0.5) is 14.5 Å². The van der Waals surface area contributed by atoms with Crippen molar-refractivity contribution in [3.05, 3.63) is 100 Å². The predicted octanol–water partition coefficient (Wildman–Crippen LogP) is 3.30. The maximum atomic E-state index is 13.8. The van der Waals surface area contributed by atoms with Crippen LogP contribution in [0.2, 0.25) is 0 Å². The molecule has 0 spiro atoms. The second-order valence-corrected chi connectivity index (χ2v) is 6.66. The highest BCUT2D eigenvalue weighted by Gasteiger charge is 2.15. The molecular weight excluding hydrogens is 390 g/mol. The fourth-order valence-corrected chi connectivity index (χ4v) is 3.16. The summed E-state index contributed by atoms with van der Waals surface area (Å²) in [6.07, 6.45) is 3.76. The Morgan fingerprint density at radius 2 is 1.73 bits per heavy atom. The lowest BCUT2D eigenvalue weighted by Crippen LogP contribution is -2.31. The van der Waals surface area contributed by atoms with Crippen LogP contribution in [0.5, 0.6) is 0 Å². The minimum atomic E-state index is -0.776. The van der Waals surface area contributed by atoms with Gasteiger partial charge in [0, 0.05) is 30.3 Å². The third-order valence-corrected chi connectivity index (χ3v) is 4.56. The standard InChI is InChI=1S/C22H16F2N4O2/c23-15-5-6-18(24)20(12-15)26-21(29)13-28-22(30)17-4-2-1-3-16(17)19(27-28)11-14-7-9-25-10-8-14/h1-10,12H,11,13H2,(H,26,29). The molecule has 1 N–H and O–H groups in total. The van der Waals surface area contributed by atoms with Crippen LogP contribution in [0.15, 0.2) is 71.8 Å². The van der Waals surface area contributed by atoms with Crippen LogP contribution in [0, 0.1) is 11.6 Å². The molecule has 6 nitrogen and oxygen atoms in total. The zero-order valence-corrected chi connectivity index (χ0v) is 15.7. The first-order valence-electron chi connectivity index (χ1n) is 9.14. The Labute approximate surface area is 169 Å². The molecule has 0 saturated carbocycles. The van der Waals surface area contributed by atoms with E-state index in [0.717, 1.165) is 28.4 Å². The lowest BCUT2D eigenvalue weighted by Gasteiger charge is -2.12. The summed E-state index contributed by atoms with van der Waals surface area (Å²) in [5.41, 5.74) is 0.810. The molecule has 0 radical (unpaired) electrons. The van der Waals surface area contributed by atoms with Gasteiger partial charge in [-0.1, -0.05) is 18.2 Å². The first-order chi connectivity index (χ1) is 14.5. The molecule has 8 heteroatoms. The third-order valence-electron chi connectivity index (χ3n) is 4.56. The van der Waals surface area contributed by atoms with Gasteiger partial charge in [0.05, 0.1) is 16.8 Å². The van der Waals surface area contributed by atoms with Crippen molar-refractivity contribution < 1.29 is 13.6 Å². The van der Waals surface area contributed by atoms with E-state index in [-0.39, 0.29) is 5.69 Å². The highest BCUT2D eigenvalue weighted by molar-refractivity contribution is 5.91. The van der Waals surface area contributed by atoms with Crippen molar-refractivity contribution in [1.82, 2.24) is 14.8 Å². The van der Waals surface area contributed by atoms with Crippen LogP contribution < -0.4 is 10.9 Å². The molecule has 2 aromatic heterocycles. The molecule has 0 unspecified atom stereocenters. The van der Waals surface area contributed by atoms with Crippen molar-refractivity contribution in [2.24, 2.45) is 0 Å². The van der Waals surface area contributed by atoms with E-state index < -0.39 is 29.6 Å². The zero-order valence-electron chi connectivity index (χ0n) is 15.7. The smallest absolute Gasteiger partial charge is 0.275 e. The van der Waals surface area contributed by atoms with E-state index in [1.807, 2.05) is 18.2 Å². The lowest BCUT2D eigenvalue weighted by molar-refractivity contribution is -0.117. The van der Waals surface area contributed by atoms with E-state index in [1.165, 1.54) is 0 Å². The van der Waals surface area contributed by atoms with Crippen molar-refractivity contribution in [3.8, 4) is 0 Å². The van der Waals surface area contributed by atoms with Crippen LogP contribution in [-0.4, -0.2) is 20.7 Å². The van der Waals surface area contributed by atoms with Gasteiger partial charge >= 0.3 is 0 Å². The highest BCUT2D eigenvalue weighted by atomic mass is 19.1. The molecule has 0 fully saturated rings. The first-order valence-corrected chi connectivity index (χ1v) is 9.14. The fraction of sp³-hybridized carbons (Fsp3) is 0.0909. The Morgan fingerprint density at radius 3 is 2.50 bits per heavy atom. The average molecular weight is 406 g/mol. The number of nitrogens with zero attached hydrogens (tertiary/aromatic N) is 3. The van der Waals surface area contributed by atoms with Gasteiger partial charge in [-0.25, -0.2) is 13.5 Å². The molecule has 0 saturated heterocycles. The van der Waals surface area contributed by atoms with Crippen molar-refractivity contribution in [3.63, 3.8) is 0 Å². The third kappa shape index (κ3) is 4.07. The van der Waals surface area contributed by atoms with Crippen LogP contribution in [0.1, 0.15) is 11.3 Å². The summed E-state index contributed by atoms with van der Waals surface area (Å²) in [5, 5.41) is 7.76. The number of hydrogen-bond donors (Lipinski definition) is 1. The second kappa shape index (κ2) is 8.20. The van der Waals surface area contributed by atoms with Crippen LogP contribution in [0.25, 0.3) is 10.8 Å². The van der Waals surface area contributed by atoms with E-state index >= 15 is 0 Å². The number of nitrogens with one attached hydrogen (secondary N) is 1. The molecule has 2 aromatic carbocycles. The number of fused-ring (bicyclic) bond motifs is 1. The first kappa shape index (κ1) is 19.4. The quantitative estimate of drug-likeness (QED) is 0.552. The van der Waals surface area contributed by atoms with Crippen LogP contribution in [-0.2, 0) is 17.8 Å². The Balaban J connectivity index is 1.68. The van der Waals surface area contributed by atoms with Crippen LogP contribution >= 0.6 is 0 Å². The van der Waals surface area contributed by atoms with Gasteiger partial charge in [-0.15, -0.1) is 0 Å². The van der Waals surface area contributed by atoms with Crippen molar-refractivity contribution in [2.45, 2.75) is 13.0 Å². The Kier molecular flexibility index (Phi) is 5.30. The van der Waals surface area contributed by atoms with Gasteiger partial charge in [0.15, 0.2) is 0 Å². The van der Waals surface area contributed by atoms with E-state index in [1.54, 1.807) is 30.6 Å². The van der Waals surface area contributed by atoms with Crippen molar-refractivity contribution in [2.75, 3.05) is 5.32 Å². The average Bonchev–Trinajstić information content (AvgIpc) is 2.75. The number of rotatable bonds is 5. The maximum absolute atomic E-state index is 13.8. The number of anilines is 1. The van der Waals surface area contributed by atoms with Crippen LogP contribution in [0.3, 0.4) is 0 Å². The largest absolute Gasteiger partial charge is 0.322 e. The van der Waals surface area contributed by atoms with E-state index in [4.69, 9.17) is 0 Å². The van der Waals surface area contributed by atoms with E-state index in [9.17, 15) is 18.4 Å². The van der Waals surface area contributed by atoms with Gasteiger partial charge in [0.2, 0.25) is 5.91 Å². The SMILES string of the molecule is O=C(Cn1nc(Cc2ccncc2)c2ccccc2c1=O)Nc1cc(F)ccc1F. The molecule has 0 bridgehead atoms. The monoisotopic (exact) mass is 406 g/mol. The van der Waals surface area contributed by atoms with Gasteiger partial charge in [-0.05, 0) is 35.9 Å². The molecule has 4 aromatic rings. The molecule has 0 aliphatic rings. The second-order valence-electron chi connectivity index (χ2n) is 6.66. The minimum Gasteiger partial charge on any atom is -0.322 e. The maximum Gasteiger partial charge on any atom is 0.275 e. The molecule has 0 aliphatic carbocycles. The Hall–Kier alpha value is -3.94. The Bertz CT molecular complexity index is 1290. The van der Waals surface area contributed by atoms with Gasteiger partial charge in [-0.2, -0.15) is 5.10 Å². The van der Waals surface area contributed by atoms with Gasteiger partial charge in [0.1, 0.15) is 18.2 Å². The summed E-state index contributed by atoms with van der Waals surface area (Å²) in [6, 6.07) is 13.4. The molecule has 150 valence electrons. The highest BCUT2D eigenvalue weighted by Crippen LogP contribution is 2.17. The number of benzene rings is 2. The predicted molar refractivity (Wildman–Crippen MR) is 108 cm³/mol. The van der Waals surface area contributed by atoms with E-state index in [0.29, 0.717) is 22.9 Å². The number of carbonyl (C=O) groups excluding carboxylic acids is 1.